The van der Waals surface area contributed by atoms with Crippen molar-refractivity contribution >= 4 is 11.9 Å². The molecule has 1 heterocycles. The zero-order valence-electron chi connectivity index (χ0n) is 22.8. The fraction of sp³-hybridized carbons (Fsp3) is 0.643. The van der Waals surface area contributed by atoms with Gasteiger partial charge in [0.15, 0.2) is 0 Å². The van der Waals surface area contributed by atoms with Crippen LogP contribution < -0.4 is 9.47 Å². The fourth-order valence-corrected chi connectivity index (χ4v) is 3.14. The van der Waals surface area contributed by atoms with Gasteiger partial charge in [-0.05, 0) is 93.2 Å². The summed E-state index contributed by atoms with van der Waals surface area (Å²) in [7, 11) is 0. The van der Waals surface area contributed by atoms with E-state index in [0.717, 1.165) is 18.4 Å². The minimum absolute atomic E-state index is 0.00280. The molecule has 35 heavy (non-hydrogen) atoms. The summed E-state index contributed by atoms with van der Waals surface area (Å²) in [5.74, 6) is 0.338. The Morgan fingerprint density at radius 1 is 0.971 bits per heavy atom. The Labute approximate surface area is 210 Å². The van der Waals surface area contributed by atoms with Crippen LogP contribution in [0.3, 0.4) is 0 Å². The van der Waals surface area contributed by atoms with Crippen molar-refractivity contribution in [3.63, 3.8) is 0 Å². The Morgan fingerprint density at radius 2 is 1.51 bits per heavy atom. The van der Waals surface area contributed by atoms with Gasteiger partial charge in [0.25, 0.3) is 0 Å². The van der Waals surface area contributed by atoms with E-state index in [9.17, 15) is 9.59 Å². The molecular formula is C28H42O7. The van der Waals surface area contributed by atoms with Gasteiger partial charge in [0, 0.05) is 6.07 Å². The van der Waals surface area contributed by atoms with Crippen molar-refractivity contribution in [1.29, 1.82) is 0 Å². The predicted molar refractivity (Wildman–Crippen MR) is 134 cm³/mol. The van der Waals surface area contributed by atoms with E-state index in [-0.39, 0.29) is 31.1 Å². The molecule has 1 aliphatic rings. The minimum Gasteiger partial charge on any atom is -0.457 e. The van der Waals surface area contributed by atoms with Crippen LogP contribution >= 0.6 is 0 Å². The molecule has 196 valence electrons. The average Bonchev–Trinajstić information content (AvgIpc) is 3.36. The molecule has 7 heteroatoms. The summed E-state index contributed by atoms with van der Waals surface area (Å²) in [5, 5.41) is 0. The van der Waals surface area contributed by atoms with Crippen LogP contribution in [0.2, 0.25) is 0 Å². The lowest BCUT2D eigenvalue weighted by Crippen LogP contribution is -2.25. The number of epoxide rings is 1. The molecule has 1 aliphatic heterocycles. The Kier molecular flexibility index (Phi) is 9.40. The van der Waals surface area contributed by atoms with Gasteiger partial charge in [-0.3, -0.25) is 9.59 Å². The van der Waals surface area contributed by atoms with E-state index < -0.39 is 10.8 Å². The first-order valence-electron chi connectivity index (χ1n) is 12.2. The second-order valence-corrected chi connectivity index (χ2v) is 11.7. The summed E-state index contributed by atoms with van der Waals surface area (Å²) >= 11 is 0. The van der Waals surface area contributed by atoms with Gasteiger partial charge in [0.2, 0.25) is 13.6 Å². The summed E-state index contributed by atoms with van der Waals surface area (Å²) in [4.78, 5) is 24.0. The Bertz CT molecular complexity index is 916. The molecule has 1 saturated heterocycles. The average molecular weight is 491 g/mol. The monoisotopic (exact) mass is 490 g/mol. The first-order valence-corrected chi connectivity index (χ1v) is 12.2. The molecule has 0 bridgehead atoms. The SMILES string of the molecule is C/C(=C\Cc1ccc(OCOC(=O)C(C)(C)C)cc1OCOC(=O)C(C)(C)C)CC[C@H]1OC1(C)C. The number of hydrogen-bond donors (Lipinski definition) is 0. The quantitative estimate of drug-likeness (QED) is 0.163. The Morgan fingerprint density at radius 3 is 2.03 bits per heavy atom. The normalized spacial score (nSPS) is 17.5. The molecule has 0 amide bonds. The van der Waals surface area contributed by atoms with Crippen molar-refractivity contribution < 1.29 is 33.3 Å². The molecule has 2 rings (SSSR count). The van der Waals surface area contributed by atoms with Gasteiger partial charge in [-0.1, -0.05) is 17.7 Å². The standard InChI is InChI=1S/C28H42O7/c1-19(11-15-23-28(8,9)35-23)10-12-20-13-14-21(31-17-33-24(29)26(2,3)4)16-22(20)32-18-34-25(30)27(5,6)7/h10,13-14,16,23H,11-12,15,17-18H2,1-9H3/b19-10+/t23-/m1/s1. The lowest BCUT2D eigenvalue weighted by molar-refractivity contribution is -0.160. The summed E-state index contributed by atoms with van der Waals surface area (Å²) < 4.78 is 27.5. The molecule has 0 N–H and O–H groups in total. The summed E-state index contributed by atoms with van der Waals surface area (Å²) in [5.41, 5.74) is 0.981. The molecule has 0 unspecified atom stereocenters. The maximum absolute atomic E-state index is 12.1. The van der Waals surface area contributed by atoms with Crippen LogP contribution in [0.1, 0.15) is 80.7 Å². The summed E-state index contributed by atoms with van der Waals surface area (Å²) in [6.45, 7) is 16.6. The molecule has 0 aromatic heterocycles. The van der Waals surface area contributed by atoms with E-state index in [1.807, 2.05) is 6.07 Å². The van der Waals surface area contributed by atoms with E-state index >= 15 is 0 Å². The van der Waals surface area contributed by atoms with E-state index in [1.54, 1.807) is 53.7 Å². The molecule has 1 aromatic carbocycles. The van der Waals surface area contributed by atoms with Crippen LogP contribution in [0.15, 0.2) is 29.8 Å². The van der Waals surface area contributed by atoms with E-state index in [2.05, 4.69) is 26.8 Å². The van der Waals surface area contributed by atoms with E-state index in [0.29, 0.717) is 24.0 Å². The smallest absolute Gasteiger partial charge is 0.314 e. The summed E-state index contributed by atoms with van der Waals surface area (Å²) in [6, 6.07) is 5.42. The third-order valence-corrected chi connectivity index (χ3v) is 5.72. The van der Waals surface area contributed by atoms with Crippen molar-refractivity contribution in [3.05, 3.63) is 35.4 Å². The number of benzene rings is 1. The fourth-order valence-electron chi connectivity index (χ4n) is 3.14. The number of hydrogen-bond acceptors (Lipinski definition) is 7. The van der Waals surface area contributed by atoms with E-state index in [4.69, 9.17) is 23.7 Å². The number of esters is 2. The van der Waals surface area contributed by atoms with Crippen LogP contribution in [-0.4, -0.2) is 37.2 Å². The van der Waals surface area contributed by atoms with Gasteiger partial charge in [0.05, 0.1) is 22.5 Å². The van der Waals surface area contributed by atoms with E-state index in [1.165, 1.54) is 5.57 Å². The third kappa shape index (κ3) is 9.55. The largest absolute Gasteiger partial charge is 0.457 e. The van der Waals surface area contributed by atoms with Gasteiger partial charge in [0.1, 0.15) is 11.5 Å². The number of rotatable bonds is 11. The molecule has 0 spiro atoms. The Hall–Kier alpha value is -2.54. The first-order chi connectivity index (χ1) is 16.1. The maximum Gasteiger partial charge on any atom is 0.314 e. The molecule has 1 fully saturated rings. The van der Waals surface area contributed by atoms with Gasteiger partial charge in [-0.15, -0.1) is 0 Å². The number of allylic oxidation sites excluding steroid dienone is 2. The van der Waals surface area contributed by atoms with Crippen molar-refractivity contribution in [2.75, 3.05) is 13.6 Å². The maximum atomic E-state index is 12.1. The van der Waals surface area contributed by atoms with Crippen LogP contribution in [0, 0.1) is 10.8 Å². The van der Waals surface area contributed by atoms with Gasteiger partial charge in [-0.25, -0.2) is 0 Å². The predicted octanol–water partition coefficient (Wildman–Crippen LogP) is 5.98. The van der Waals surface area contributed by atoms with Crippen LogP contribution in [-0.2, 0) is 30.2 Å². The highest BCUT2D eigenvalue weighted by Gasteiger charge is 2.46. The molecular weight excluding hydrogens is 448 g/mol. The molecule has 0 radical (unpaired) electrons. The number of ether oxygens (including phenoxy) is 5. The number of carbonyl (C=O) groups is 2. The highest BCUT2D eigenvalue weighted by Crippen LogP contribution is 2.39. The zero-order valence-corrected chi connectivity index (χ0v) is 22.8. The second kappa shape index (κ2) is 11.5. The van der Waals surface area contributed by atoms with Crippen molar-refractivity contribution in [3.8, 4) is 11.5 Å². The lowest BCUT2D eigenvalue weighted by Gasteiger charge is -2.18. The van der Waals surface area contributed by atoms with Gasteiger partial charge >= 0.3 is 11.9 Å². The summed E-state index contributed by atoms with van der Waals surface area (Å²) in [6.07, 6.45) is 5.12. The van der Waals surface area contributed by atoms with Crippen molar-refractivity contribution in [2.45, 2.75) is 93.3 Å². The molecule has 7 nitrogen and oxygen atoms in total. The van der Waals surface area contributed by atoms with Gasteiger partial charge < -0.3 is 23.7 Å². The number of carbonyl (C=O) groups excluding carboxylic acids is 2. The Balaban J connectivity index is 2.03. The van der Waals surface area contributed by atoms with Gasteiger partial charge in [-0.2, -0.15) is 0 Å². The molecule has 0 saturated carbocycles. The molecule has 0 aliphatic carbocycles. The lowest BCUT2D eigenvalue weighted by atomic mass is 9.97. The second-order valence-electron chi connectivity index (χ2n) is 11.7. The topological polar surface area (TPSA) is 83.6 Å². The molecule has 1 aromatic rings. The minimum atomic E-state index is -0.617. The highest BCUT2D eigenvalue weighted by atomic mass is 16.7. The van der Waals surface area contributed by atoms with Crippen molar-refractivity contribution in [2.24, 2.45) is 10.8 Å². The first kappa shape index (κ1) is 28.7. The van der Waals surface area contributed by atoms with Crippen LogP contribution in [0.25, 0.3) is 0 Å². The van der Waals surface area contributed by atoms with Crippen LogP contribution in [0.5, 0.6) is 11.5 Å². The highest BCUT2D eigenvalue weighted by molar-refractivity contribution is 5.75. The molecule has 1 atom stereocenters. The van der Waals surface area contributed by atoms with Crippen LogP contribution in [0.4, 0.5) is 0 Å². The van der Waals surface area contributed by atoms with Crippen molar-refractivity contribution in [1.82, 2.24) is 0 Å². The third-order valence-electron chi connectivity index (χ3n) is 5.72. The zero-order chi connectivity index (χ0) is 26.4.